The highest BCUT2D eigenvalue weighted by molar-refractivity contribution is 9.10. The van der Waals surface area contributed by atoms with Crippen molar-refractivity contribution in [3.05, 3.63) is 60.4 Å². The molecular weight excluding hydrogens is 398 g/mol. The van der Waals surface area contributed by atoms with Gasteiger partial charge in [-0.05, 0) is 22.9 Å². The molecule has 0 aliphatic rings. The maximum absolute atomic E-state index is 12.5. The standard InChI is InChI=1S/C14H14BrN5O5/c1-3-18-7-12(15)13(16-18)8-17(2)14(21)9-4-10(19(22)23)6-11(5-9)20(24)25/h4-7H,3,8H2,1-2H3. The molecule has 132 valence electrons. The Morgan fingerprint density at radius 2 is 1.80 bits per heavy atom. The molecule has 0 unspecified atom stereocenters. The number of carbonyl (C=O) groups excluding carboxylic acids is 1. The number of hydrogen-bond donors (Lipinski definition) is 0. The Morgan fingerprint density at radius 3 is 2.24 bits per heavy atom. The molecule has 11 heteroatoms. The van der Waals surface area contributed by atoms with Gasteiger partial charge in [0.25, 0.3) is 17.3 Å². The molecule has 0 saturated carbocycles. The van der Waals surface area contributed by atoms with Crippen molar-refractivity contribution in [2.24, 2.45) is 0 Å². The zero-order valence-electron chi connectivity index (χ0n) is 13.4. The number of carbonyl (C=O) groups is 1. The van der Waals surface area contributed by atoms with E-state index in [4.69, 9.17) is 0 Å². The third kappa shape index (κ3) is 4.18. The van der Waals surface area contributed by atoms with Crippen molar-refractivity contribution in [2.45, 2.75) is 20.0 Å². The summed E-state index contributed by atoms with van der Waals surface area (Å²) >= 11 is 3.35. The second kappa shape index (κ2) is 7.38. The largest absolute Gasteiger partial charge is 0.336 e. The molecule has 1 aromatic heterocycles. The number of aryl methyl sites for hydroxylation is 1. The molecule has 2 aromatic rings. The number of halogens is 1. The Bertz CT molecular complexity index is 818. The van der Waals surface area contributed by atoms with Crippen LogP contribution in [0.2, 0.25) is 0 Å². The molecule has 0 fully saturated rings. The summed E-state index contributed by atoms with van der Waals surface area (Å²) in [5, 5.41) is 26.2. The highest BCUT2D eigenvalue weighted by atomic mass is 79.9. The van der Waals surface area contributed by atoms with E-state index in [9.17, 15) is 25.0 Å². The molecule has 1 heterocycles. The first-order valence-corrected chi connectivity index (χ1v) is 7.93. The monoisotopic (exact) mass is 411 g/mol. The molecule has 0 N–H and O–H groups in total. The summed E-state index contributed by atoms with van der Waals surface area (Å²) in [4.78, 5) is 34.1. The third-order valence-electron chi connectivity index (χ3n) is 3.42. The molecule has 0 aliphatic heterocycles. The summed E-state index contributed by atoms with van der Waals surface area (Å²) in [5.74, 6) is -0.579. The predicted molar refractivity (Wildman–Crippen MR) is 91.1 cm³/mol. The van der Waals surface area contributed by atoms with Gasteiger partial charge in [-0.3, -0.25) is 29.7 Å². The molecule has 0 aliphatic carbocycles. The minimum atomic E-state index is -0.775. The number of aromatic nitrogens is 2. The van der Waals surface area contributed by atoms with Crippen molar-refractivity contribution >= 4 is 33.2 Å². The van der Waals surface area contributed by atoms with Crippen LogP contribution >= 0.6 is 15.9 Å². The predicted octanol–water partition coefficient (Wildman–Crippen LogP) is 2.75. The Kier molecular flexibility index (Phi) is 5.47. The van der Waals surface area contributed by atoms with Crippen molar-refractivity contribution in [3.63, 3.8) is 0 Å². The van der Waals surface area contributed by atoms with Gasteiger partial charge < -0.3 is 4.90 Å². The number of nitro benzene ring substituents is 2. The van der Waals surface area contributed by atoms with Gasteiger partial charge in [-0.15, -0.1) is 0 Å². The van der Waals surface area contributed by atoms with Crippen LogP contribution in [-0.4, -0.2) is 37.5 Å². The lowest BCUT2D eigenvalue weighted by Crippen LogP contribution is -2.26. The van der Waals surface area contributed by atoms with E-state index in [1.54, 1.807) is 10.9 Å². The van der Waals surface area contributed by atoms with Gasteiger partial charge in [-0.25, -0.2) is 0 Å². The zero-order valence-corrected chi connectivity index (χ0v) is 15.0. The number of rotatable bonds is 6. The number of hydrogen-bond acceptors (Lipinski definition) is 6. The van der Waals surface area contributed by atoms with Crippen LogP contribution in [0.25, 0.3) is 0 Å². The van der Waals surface area contributed by atoms with E-state index in [-0.39, 0.29) is 12.1 Å². The summed E-state index contributed by atoms with van der Waals surface area (Å²) < 4.78 is 2.41. The molecule has 25 heavy (non-hydrogen) atoms. The lowest BCUT2D eigenvalue weighted by atomic mass is 10.1. The van der Waals surface area contributed by atoms with Gasteiger partial charge in [0.15, 0.2) is 0 Å². The molecule has 0 radical (unpaired) electrons. The van der Waals surface area contributed by atoms with E-state index >= 15 is 0 Å². The van der Waals surface area contributed by atoms with Gasteiger partial charge in [-0.2, -0.15) is 5.10 Å². The molecule has 0 spiro atoms. The Balaban J connectivity index is 2.30. The van der Waals surface area contributed by atoms with E-state index in [0.717, 1.165) is 22.7 Å². The van der Waals surface area contributed by atoms with Crippen LogP contribution in [0, 0.1) is 20.2 Å². The molecule has 10 nitrogen and oxygen atoms in total. The van der Waals surface area contributed by atoms with E-state index in [1.165, 1.54) is 11.9 Å². The molecule has 0 bridgehead atoms. The first-order chi connectivity index (χ1) is 11.7. The minimum absolute atomic E-state index is 0.130. The Labute approximate surface area is 150 Å². The van der Waals surface area contributed by atoms with Crippen LogP contribution in [0.1, 0.15) is 23.0 Å². The molecule has 1 amide bonds. The van der Waals surface area contributed by atoms with Gasteiger partial charge in [-0.1, -0.05) is 0 Å². The fourth-order valence-electron chi connectivity index (χ4n) is 2.15. The second-order valence-electron chi connectivity index (χ2n) is 5.19. The molecule has 0 atom stereocenters. The van der Waals surface area contributed by atoms with Crippen LogP contribution in [0.15, 0.2) is 28.9 Å². The highest BCUT2D eigenvalue weighted by Crippen LogP contribution is 2.24. The van der Waals surface area contributed by atoms with Crippen molar-refractivity contribution in [3.8, 4) is 0 Å². The number of nitro groups is 2. The number of amides is 1. The number of non-ortho nitro benzene ring substituents is 2. The Morgan fingerprint density at radius 1 is 1.24 bits per heavy atom. The van der Waals surface area contributed by atoms with E-state index in [1.807, 2.05) is 6.92 Å². The molecular formula is C14H14BrN5O5. The molecule has 0 saturated heterocycles. The van der Waals surface area contributed by atoms with Gasteiger partial charge >= 0.3 is 0 Å². The van der Waals surface area contributed by atoms with Crippen molar-refractivity contribution in [2.75, 3.05) is 7.05 Å². The smallest absolute Gasteiger partial charge is 0.277 e. The quantitative estimate of drug-likeness (QED) is 0.531. The van der Waals surface area contributed by atoms with Crippen LogP contribution in [0.4, 0.5) is 11.4 Å². The van der Waals surface area contributed by atoms with Crippen molar-refractivity contribution in [1.82, 2.24) is 14.7 Å². The molecule has 1 aromatic carbocycles. The topological polar surface area (TPSA) is 124 Å². The normalized spacial score (nSPS) is 10.5. The van der Waals surface area contributed by atoms with Crippen molar-refractivity contribution in [1.29, 1.82) is 0 Å². The van der Waals surface area contributed by atoms with E-state index in [2.05, 4.69) is 21.0 Å². The first-order valence-electron chi connectivity index (χ1n) is 7.14. The average molecular weight is 412 g/mol. The Hall–Kier alpha value is -2.82. The fourth-order valence-corrected chi connectivity index (χ4v) is 2.59. The minimum Gasteiger partial charge on any atom is -0.336 e. The summed E-state index contributed by atoms with van der Waals surface area (Å²) in [6, 6.07) is 2.85. The van der Waals surface area contributed by atoms with Gasteiger partial charge in [0, 0.05) is 31.9 Å². The van der Waals surface area contributed by atoms with Gasteiger partial charge in [0.05, 0.1) is 38.2 Å². The number of benzene rings is 1. The second-order valence-corrected chi connectivity index (χ2v) is 6.05. The zero-order chi connectivity index (χ0) is 18.7. The SMILES string of the molecule is CCn1cc(Br)c(CN(C)C(=O)c2cc([N+](=O)[O-])cc([N+](=O)[O-])c2)n1. The van der Waals surface area contributed by atoms with Gasteiger partial charge in [0.1, 0.15) is 0 Å². The van der Waals surface area contributed by atoms with Crippen LogP contribution in [0.5, 0.6) is 0 Å². The maximum Gasteiger partial charge on any atom is 0.277 e. The summed E-state index contributed by atoms with van der Waals surface area (Å²) in [6.07, 6.45) is 1.77. The molecule has 2 rings (SSSR count). The van der Waals surface area contributed by atoms with E-state index < -0.39 is 27.1 Å². The van der Waals surface area contributed by atoms with E-state index in [0.29, 0.717) is 12.2 Å². The highest BCUT2D eigenvalue weighted by Gasteiger charge is 2.22. The summed E-state index contributed by atoms with van der Waals surface area (Å²) in [7, 11) is 1.49. The average Bonchev–Trinajstić information content (AvgIpc) is 2.93. The summed E-state index contributed by atoms with van der Waals surface area (Å²) in [6.45, 7) is 2.72. The lowest BCUT2D eigenvalue weighted by molar-refractivity contribution is -0.394. The van der Waals surface area contributed by atoms with Gasteiger partial charge in [0.2, 0.25) is 0 Å². The third-order valence-corrected chi connectivity index (χ3v) is 4.08. The van der Waals surface area contributed by atoms with Crippen LogP contribution < -0.4 is 0 Å². The van der Waals surface area contributed by atoms with Crippen LogP contribution in [0.3, 0.4) is 0 Å². The lowest BCUT2D eigenvalue weighted by Gasteiger charge is -2.16. The maximum atomic E-state index is 12.5. The van der Waals surface area contributed by atoms with Crippen LogP contribution in [-0.2, 0) is 13.1 Å². The fraction of sp³-hybridized carbons (Fsp3) is 0.286. The first kappa shape index (κ1) is 18.5. The van der Waals surface area contributed by atoms with Crippen molar-refractivity contribution < 1.29 is 14.6 Å². The number of nitrogens with zero attached hydrogens (tertiary/aromatic N) is 5. The summed E-state index contributed by atoms with van der Waals surface area (Å²) in [5.41, 5.74) is -0.545.